The highest BCUT2D eigenvalue weighted by Gasteiger charge is 2.40. The van der Waals surface area contributed by atoms with E-state index in [1.54, 1.807) is 18.2 Å². The molecule has 4 rings (SSSR count). The third-order valence-corrected chi connectivity index (χ3v) is 6.96. The van der Waals surface area contributed by atoms with E-state index in [1.165, 1.54) is 4.90 Å². The third-order valence-electron chi connectivity index (χ3n) is 6.96. The molecule has 1 saturated heterocycles. The number of ether oxygens (including phenoxy) is 2. The van der Waals surface area contributed by atoms with Crippen molar-refractivity contribution in [3.8, 4) is 5.75 Å². The Balaban J connectivity index is 1.61. The lowest BCUT2D eigenvalue weighted by atomic mass is 9.93. The van der Waals surface area contributed by atoms with E-state index in [9.17, 15) is 19.2 Å². The number of carbonyl (C=O) groups excluding carboxylic acids is 4. The molecule has 218 valence electrons. The Labute approximate surface area is 240 Å². The molecule has 2 heterocycles. The van der Waals surface area contributed by atoms with Crippen LogP contribution in [0.1, 0.15) is 100 Å². The van der Waals surface area contributed by atoms with Crippen LogP contribution in [0.4, 0.5) is 11.4 Å². The van der Waals surface area contributed by atoms with Crippen LogP contribution >= 0.6 is 0 Å². The summed E-state index contributed by atoms with van der Waals surface area (Å²) in [6.07, 6.45) is 0.483. The average molecular weight is 563 g/mol. The van der Waals surface area contributed by atoms with Crippen molar-refractivity contribution in [2.24, 2.45) is 10.2 Å². The molecule has 1 unspecified atom stereocenters. The van der Waals surface area contributed by atoms with Crippen molar-refractivity contribution in [3.05, 3.63) is 52.6 Å². The van der Waals surface area contributed by atoms with E-state index < -0.39 is 23.5 Å². The largest absolute Gasteiger partial charge is 0.481 e. The summed E-state index contributed by atoms with van der Waals surface area (Å²) in [6, 6.07) is 8.34. The second kappa shape index (κ2) is 11.8. The van der Waals surface area contributed by atoms with Crippen LogP contribution in [0.5, 0.6) is 5.75 Å². The molecule has 0 spiro atoms. The number of azo groups is 1. The molecule has 10 heteroatoms. The number of nitrogens with zero attached hydrogens (tertiary/aromatic N) is 3. The summed E-state index contributed by atoms with van der Waals surface area (Å²) >= 11 is 0. The van der Waals surface area contributed by atoms with Gasteiger partial charge < -0.3 is 14.4 Å². The number of benzene rings is 2. The average Bonchev–Trinajstić information content (AvgIpc) is 3.21. The summed E-state index contributed by atoms with van der Waals surface area (Å²) in [7, 11) is 0. The second-order valence-corrected chi connectivity index (χ2v) is 12.0. The van der Waals surface area contributed by atoms with Crippen LogP contribution in [-0.2, 0) is 25.7 Å². The Morgan fingerprint density at radius 3 is 2.29 bits per heavy atom. The first-order valence-electron chi connectivity index (χ1n) is 14.0. The first kappa shape index (κ1) is 29.9. The number of nitrogens with one attached hydrogen (secondary N) is 1. The molecule has 0 aliphatic carbocycles. The summed E-state index contributed by atoms with van der Waals surface area (Å²) < 4.78 is 11.4. The Morgan fingerprint density at radius 2 is 1.71 bits per heavy atom. The maximum Gasteiger partial charge on any atom is 0.344 e. The summed E-state index contributed by atoms with van der Waals surface area (Å²) in [4.78, 5) is 51.0. The zero-order chi connectivity index (χ0) is 30.1. The third kappa shape index (κ3) is 6.81. The zero-order valence-electron chi connectivity index (χ0n) is 24.7. The van der Waals surface area contributed by atoms with Gasteiger partial charge in [-0.3, -0.25) is 19.7 Å². The van der Waals surface area contributed by atoms with Crippen LogP contribution < -0.4 is 10.1 Å². The minimum absolute atomic E-state index is 0.0805. The van der Waals surface area contributed by atoms with Gasteiger partial charge in [0.05, 0.1) is 11.4 Å². The lowest BCUT2D eigenvalue weighted by Crippen LogP contribution is -2.52. The van der Waals surface area contributed by atoms with E-state index in [0.717, 1.165) is 11.1 Å². The quantitative estimate of drug-likeness (QED) is 0.245. The summed E-state index contributed by atoms with van der Waals surface area (Å²) in [5.74, 6) is -0.679. The molecule has 2 aliphatic rings. The highest BCUT2D eigenvalue weighted by Crippen LogP contribution is 2.40. The van der Waals surface area contributed by atoms with Crippen LogP contribution in [0.2, 0.25) is 0 Å². The predicted molar refractivity (Wildman–Crippen MR) is 153 cm³/mol. The van der Waals surface area contributed by atoms with Gasteiger partial charge in [0.2, 0.25) is 11.8 Å². The molecule has 2 aromatic rings. The summed E-state index contributed by atoms with van der Waals surface area (Å²) in [6.45, 7) is 13.6. The van der Waals surface area contributed by atoms with Crippen molar-refractivity contribution in [1.82, 2.24) is 10.2 Å². The number of hydrogen-bond donors (Lipinski definition) is 1. The summed E-state index contributed by atoms with van der Waals surface area (Å²) in [5, 5.41) is 11.4. The van der Waals surface area contributed by atoms with Gasteiger partial charge in [-0.1, -0.05) is 33.8 Å². The van der Waals surface area contributed by atoms with Crippen molar-refractivity contribution >= 4 is 35.1 Å². The van der Waals surface area contributed by atoms with Gasteiger partial charge >= 0.3 is 5.97 Å². The van der Waals surface area contributed by atoms with Crippen molar-refractivity contribution in [2.75, 3.05) is 6.61 Å². The standard InChI is InChI=1S/C31H38N4O6/c1-17(2)21-13-19(14-22(18(3)4)28(21)40-16-27(37)41-31(5,6)7)33-34-24-10-8-9-20-23(24)15-35(30(20)39)25-11-12-26(36)32-29(25)38/h8-10,13-14,17-18,25H,11-12,15-16H2,1-7H3,(H,32,36,38). The number of hydrogen-bond acceptors (Lipinski definition) is 8. The molecular weight excluding hydrogens is 524 g/mol. The Bertz CT molecular complexity index is 1380. The topological polar surface area (TPSA) is 127 Å². The van der Waals surface area contributed by atoms with Crippen molar-refractivity contribution < 1.29 is 28.7 Å². The van der Waals surface area contributed by atoms with E-state index in [0.29, 0.717) is 34.7 Å². The van der Waals surface area contributed by atoms with E-state index in [2.05, 4.69) is 15.5 Å². The van der Waals surface area contributed by atoms with Crippen LogP contribution in [0.15, 0.2) is 40.6 Å². The number of carbonyl (C=O) groups is 4. The van der Waals surface area contributed by atoms with Gasteiger partial charge in [-0.05, 0) is 74.4 Å². The molecule has 2 aliphatic heterocycles. The number of rotatable bonds is 8. The second-order valence-electron chi connectivity index (χ2n) is 12.0. The first-order valence-corrected chi connectivity index (χ1v) is 14.0. The number of fused-ring (bicyclic) bond motifs is 1. The lowest BCUT2D eigenvalue weighted by molar-refractivity contribution is -0.157. The van der Waals surface area contributed by atoms with Crippen molar-refractivity contribution in [3.63, 3.8) is 0 Å². The smallest absolute Gasteiger partial charge is 0.344 e. The molecular formula is C31H38N4O6. The maximum absolute atomic E-state index is 13.2. The molecule has 10 nitrogen and oxygen atoms in total. The van der Waals surface area contributed by atoms with Gasteiger partial charge in [0.25, 0.3) is 5.91 Å². The number of piperidine rings is 1. The van der Waals surface area contributed by atoms with Crippen LogP contribution in [-0.4, -0.2) is 46.8 Å². The molecule has 0 aromatic heterocycles. The molecule has 0 saturated carbocycles. The van der Waals surface area contributed by atoms with Crippen molar-refractivity contribution in [2.45, 2.75) is 91.3 Å². The molecule has 1 N–H and O–H groups in total. The monoisotopic (exact) mass is 562 g/mol. The Hall–Kier alpha value is -4.08. The highest BCUT2D eigenvalue weighted by molar-refractivity contribution is 6.06. The number of amides is 3. The van der Waals surface area contributed by atoms with Gasteiger partial charge in [-0.2, -0.15) is 10.2 Å². The minimum atomic E-state index is -0.701. The Kier molecular flexibility index (Phi) is 8.60. The molecule has 1 fully saturated rings. The SMILES string of the molecule is CC(C)c1cc(N=Nc2cccc3c2CN(C2CCC(=O)NC2=O)C3=O)cc(C(C)C)c1OCC(=O)OC(C)(C)C. The summed E-state index contributed by atoms with van der Waals surface area (Å²) in [5.41, 5.74) is 3.50. The van der Waals surface area contributed by atoms with Gasteiger partial charge in [-0.25, -0.2) is 4.79 Å². The Morgan fingerprint density at radius 1 is 1.05 bits per heavy atom. The highest BCUT2D eigenvalue weighted by atomic mass is 16.6. The molecule has 3 amide bonds. The molecule has 41 heavy (non-hydrogen) atoms. The maximum atomic E-state index is 13.2. The van der Waals surface area contributed by atoms with Crippen molar-refractivity contribution in [1.29, 1.82) is 0 Å². The predicted octanol–water partition coefficient (Wildman–Crippen LogP) is 5.83. The fourth-order valence-corrected chi connectivity index (χ4v) is 5.02. The fourth-order valence-electron chi connectivity index (χ4n) is 5.02. The van der Waals surface area contributed by atoms with E-state index in [1.807, 2.05) is 60.6 Å². The van der Waals surface area contributed by atoms with Gasteiger partial charge in [0.15, 0.2) is 6.61 Å². The minimum Gasteiger partial charge on any atom is -0.481 e. The zero-order valence-corrected chi connectivity index (χ0v) is 24.7. The van der Waals surface area contributed by atoms with Gasteiger partial charge in [0, 0.05) is 24.1 Å². The van der Waals surface area contributed by atoms with Crippen LogP contribution in [0, 0.1) is 0 Å². The lowest BCUT2D eigenvalue weighted by Gasteiger charge is -2.29. The molecule has 2 aromatic carbocycles. The van der Waals surface area contributed by atoms with Crippen LogP contribution in [0.3, 0.4) is 0 Å². The fraction of sp³-hybridized carbons (Fsp3) is 0.484. The number of esters is 1. The van der Waals surface area contributed by atoms with E-state index in [-0.39, 0.29) is 43.2 Å². The molecule has 0 bridgehead atoms. The van der Waals surface area contributed by atoms with Gasteiger partial charge in [0.1, 0.15) is 17.4 Å². The van der Waals surface area contributed by atoms with E-state index >= 15 is 0 Å². The molecule has 1 atom stereocenters. The normalized spacial score (nSPS) is 17.4. The molecule has 0 radical (unpaired) electrons. The van der Waals surface area contributed by atoms with Gasteiger partial charge in [-0.15, -0.1) is 0 Å². The number of imide groups is 1. The van der Waals surface area contributed by atoms with Crippen LogP contribution in [0.25, 0.3) is 0 Å². The van der Waals surface area contributed by atoms with E-state index in [4.69, 9.17) is 9.47 Å². The first-order chi connectivity index (χ1) is 19.2.